The molecule has 1 unspecified atom stereocenters. The number of nitrogens with two attached hydrogens (primary N) is 1. The number of aliphatic imine (C=N–C) groups is 1. The highest BCUT2D eigenvalue weighted by atomic mass is 16.6. The van der Waals surface area contributed by atoms with E-state index in [4.69, 9.17) is 19.9 Å². The van der Waals surface area contributed by atoms with Crippen molar-refractivity contribution in [2.24, 2.45) is 10.7 Å². The Morgan fingerprint density at radius 1 is 1.25 bits per heavy atom. The van der Waals surface area contributed by atoms with E-state index < -0.39 is 5.60 Å². The van der Waals surface area contributed by atoms with Gasteiger partial charge in [0.2, 0.25) is 0 Å². The Bertz CT molecular complexity index is 700. The van der Waals surface area contributed by atoms with Crippen LogP contribution in [0.15, 0.2) is 23.2 Å². The molecule has 8 nitrogen and oxygen atoms in total. The third-order valence-corrected chi connectivity index (χ3v) is 4.38. The maximum atomic E-state index is 12.5. The van der Waals surface area contributed by atoms with Crippen LogP contribution in [0, 0.1) is 0 Å². The van der Waals surface area contributed by atoms with Gasteiger partial charge in [0.25, 0.3) is 0 Å². The van der Waals surface area contributed by atoms with Crippen molar-refractivity contribution in [3.63, 3.8) is 0 Å². The van der Waals surface area contributed by atoms with E-state index in [0.29, 0.717) is 24.6 Å². The van der Waals surface area contributed by atoms with Gasteiger partial charge >= 0.3 is 6.09 Å². The molecule has 0 saturated carbocycles. The summed E-state index contributed by atoms with van der Waals surface area (Å²) in [5.41, 5.74) is 6.27. The maximum Gasteiger partial charge on any atom is 0.410 e. The van der Waals surface area contributed by atoms with Gasteiger partial charge < -0.3 is 30.2 Å². The lowest BCUT2D eigenvalue weighted by molar-refractivity contribution is 0.0110. The quantitative estimate of drug-likeness (QED) is 0.590. The Morgan fingerprint density at radius 3 is 2.61 bits per heavy atom. The van der Waals surface area contributed by atoms with E-state index in [1.807, 2.05) is 26.8 Å². The van der Waals surface area contributed by atoms with E-state index in [9.17, 15) is 4.79 Å². The molecule has 1 aliphatic heterocycles. The summed E-state index contributed by atoms with van der Waals surface area (Å²) in [4.78, 5) is 18.7. The number of ether oxygens (including phenoxy) is 3. The number of anilines is 1. The number of nitrogens with zero attached hydrogens (tertiary/aromatic N) is 2. The average Bonchev–Trinajstić information content (AvgIpc) is 2.65. The van der Waals surface area contributed by atoms with Crippen molar-refractivity contribution in [1.82, 2.24) is 4.90 Å². The molecule has 0 radical (unpaired) electrons. The van der Waals surface area contributed by atoms with Gasteiger partial charge in [-0.3, -0.25) is 4.99 Å². The summed E-state index contributed by atoms with van der Waals surface area (Å²) < 4.78 is 16.0. The first-order chi connectivity index (χ1) is 13.2. The average molecular weight is 393 g/mol. The van der Waals surface area contributed by atoms with Crippen LogP contribution in [0.3, 0.4) is 0 Å². The van der Waals surface area contributed by atoms with Crippen molar-refractivity contribution < 1.29 is 19.0 Å². The van der Waals surface area contributed by atoms with Gasteiger partial charge in [-0.1, -0.05) is 0 Å². The van der Waals surface area contributed by atoms with Gasteiger partial charge in [0, 0.05) is 18.3 Å². The zero-order valence-corrected chi connectivity index (χ0v) is 17.4. The summed E-state index contributed by atoms with van der Waals surface area (Å²) in [6.45, 7) is 6.70. The smallest absolute Gasteiger partial charge is 0.410 e. The Kier molecular flexibility index (Phi) is 7.37. The van der Waals surface area contributed by atoms with Crippen LogP contribution in [0.1, 0.15) is 40.0 Å². The fourth-order valence-corrected chi connectivity index (χ4v) is 3.06. The summed E-state index contributed by atoms with van der Waals surface area (Å²) in [6.07, 6.45) is 2.62. The van der Waals surface area contributed by atoms with Gasteiger partial charge in [-0.2, -0.15) is 0 Å². The third-order valence-electron chi connectivity index (χ3n) is 4.38. The van der Waals surface area contributed by atoms with Gasteiger partial charge in [-0.05, 0) is 52.2 Å². The number of guanidine groups is 1. The molecule has 8 heteroatoms. The highest BCUT2D eigenvalue weighted by Crippen LogP contribution is 2.29. The second-order valence-electron chi connectivity index (χ2n) is 7.74. The molecule has 1 amide bonds. The van der Waals surface area contributed by atoms with Crippen LogP contribution >= 0.6 is 0 Å². The molecule has 3 N–H and O–H groups in total. The van der Waals surface area contributed by atoms with Gasteiger partial charge in [0.05, 0.1) is 26.8 Å². The SMILES string of the molecule is COc1ccc(NC(N)=NCC2CCCCN2C(=O)OC(C)(C)C)cc1OC. The predicted octanol–water partition coefficient (Wildman–Crippen LogP) is 3.22. The zero-order valence-electron chi connectivity index (χ0n) is 17.4. The van der Waals surface area contributed by atoms with E-state index >= 15 is 0 Å². The Morgan fingerprint density at radius 2 is 1.96 bits per heavy atom. The van der Waals surface area contributed by atoms with Crippen LogP contribution in [0.5, 0.6) is 11.5 Å². The Labute approximate surface area is 167 Å². The number of methoxy groups -OCH3 is 2. The molecule has 1 fully saturated rings. The maximum absolute atomic E-state index is 12.5. The number of amides is 1. The Balaban J connectivity index is 2.01. The van der Waals surface area contributed by atoms with E-state index in [1.54, 1.807) is 31.3 Å². The highest BCUT2D eigenvalue weighted by molar-refractivity contribution is 5.92. The minimum Gasteiger partial charge on any atom is -0.493 e. The zero-order chi connectivity index (χ0) is 20.7. The molecular formula is C20H32N4O4. The lowest BCUT2D eigenvalue weighted by Crippen LogP contribution is -2.47. The third kappa shape index (κ3) is 6.21. The minimum absolute atomic E-state index is 0.0191. The summed E-state index contributed by atoms with van der Waals surface area (Å²) in [5.74, 6) is 1.52. The van der Waals surface area contributed by atoms with E-state index in [-0.39, 0.29) is 18.1 Å². The molecule has 1 aromatic rings. The molecule has 0 bridgehead atoms. The molecule has 1 heterocycles. The molecule has 1 saturated heterocycles. The summed E-state index contributed by atoms with van der Waals surface area (Å²) in [6, 6.07) is 5.39. The molecule has 156 valence electrons. The first-order valence-electron chi connectivity index (χ1n) is 9.52. The van der Waals surface area contributed by atoms with Crippen molar-refractivity contribution in [2.45, 2.75) is 51.7 Å². The van der Waals surface area contributed by atoms with Crippen molar-refractivity contribution in [1.29, 1.82) is 0 Å². The van der Waals surface area contributed by atoms with Crippen molar-refractivity contribution >= 4 is 17.7 Å². The number of rotatable bonds is 5. The molecule has 2 rings (SSSR count). The second kappa shape index (κ2) is 9.52. The number of likely N-dealkylation sites (tertiary alicyclic amines) is 1. The fourth-order valence-electron chi connectivity index (χ4n) is 3.06. The molecular weight excluding hydrogens is 360 g/mol. The number of carbonyl (C=O) groups excluding carboxylic acids is 1. The summed E-state index contributed by atoms with van der Waals surface area (Å²) in [7, 11) is 3.16. The minimum atomic E-state index is -0.518. The van der Waals surface area contributed by atoms with Crippen LogP contribution < -0.4 is 20.5 Å². The number of hydrogen-bond donors (Lipinski definition) is 2. The first kappa shape index (κ1) is 21.7. The van der Waals surface area contributed by atoms with Gasteiger partial charge in [0.15, 0.2) is 17.5 Å². The van der Waals surface area contributed by atoms with Crippen LogP contribution in [-0.2, 0) is 4.74 Å². The van der Waals surface area contributed by atoms with Gasteiger partial charge in [0.1, 0.15) is 5.60 Å². The summed E-state index contributed by atoms with van der Waals surface area (Å²) in [5, 5.41) is 3.05. The number of benzene rings is 1. The van der Waals surface area contributed by atoms with Crippen molar-refractivity contribution in [3.8, 4) is 11.5 Å². The molecule has 1 aromatic carbocycles. The standard InChI is InChI=1S/C20H32N4O4/c1-20(2,3)28-19(25)24-11-7-6-8-15(24)13-22-18(21)23-14-9-10-16(26-4)17(12-14)27-5/h9-10,12,15H,6-8,11,13H2,1-5H3,(H3,21,22,23). The number of nitrogens with one attached hydrogen (secondary N) is 1. The van der Waals surface area contributed by atoms with Crippen molar-refractivity contribution in [2.75, 3.05) is 32.6 Å². The van der Waals surface area contributed by atoms with Crippen LogP contribution in [-0.4, -0.2) is 55.9 Å². The predicted molar refractivity (Wildman–Crippen MR) is 110 cm³/mol. The summed E-state index contributed by atoms with van der Waals surface area (Å²) >= 11 is 0. The molecule has 28 heavy (non-hydrogen) atoms. The van der Waals surface area contributed by atoms with Gasteiger partial charge in [-0.15, -0.1) is 0 Å². The molecule has 1 aliphatic rings. The molecule has 0 aliphatic carbocycles. The van der Waals surface area contributed by atoms with Crippen LogP contribution in [0.25, 0.3) is 0 Å². The molecule has 1 atom stereocenters. The largest absolute Gasteiger partial charge is 0.493 e. The normalized spacial score (nSPS) is 17.8. The highest BCUT2D eigenvalue weighted by Gasteiger charge is 2.30. The molecule has 0 aromatic heterocycles. The number of carbonyl (C=O) groups is 1. The monoisotopic (exact) mass is 392 g/mol. The van der Waals surface area contributed by atoms with E-state index in [2.05, 4.69) is 10.3 Å². The first-order valence-corrected chi connectivity index (χ1v) is 9.52. The van der Waals surface area contributed by atoms with Crippen molar-refractivity contribution in [3.05, 3.63) is 18.2 Å². The van der Waals surface area contributed by atoms with E-state index in [0.717, 1.165) is 24.9 Å². The lowest BCUT2D eigenvalue weighted by Gasteiger charge is -2.36. The van der Waals surface area contributed by atoms with Gasteiger partial charge in [-0.25, -0.2) is 4.79 Å². The van der Waals surface area contributed by atoms with Crippen LogP contribution in [0.4, 0.5) is 10.5 Å². The number of piperidine rings is 1. The topological polar surface area (TPSA) is 98.4 Å². The number of hydrogen-bond acceptors (Lipinski definition) is 5. The van der Waals surface area contributed by atoms with E-state index in [1.165, 1.54) is 0 Å². The fraction of sp³-hybridized carbons (Fsp3) is 0.600. The molecule has 0 spiro atoms. The second-order valence-corrected chi connectivity index (χ2v) is 7.74. The lowest BCUT2D eigenvalue weighted by atomic mass is 10.0. The Hall–Kier alpha value is -2.64. The van der Waals surface area contributed by atoms with Crippen LogP contribution in [0.2, 0.25) is 0 Å².